The second-order valence-electron chi connectivity index (χ2n) is 5.55. The molecule has 0 atom stereocenters. The van der Waals surface area contributed by atoms with Crippen LogP contribution in [0.2, 0.25) is 5.02 Å². The molecule has 3 heteroatoms. The molecule has 2 saturated carbocycles. The molecule has 1 heterocycles. The van der Waals surface area contributed by atoms with E-state index in [1.165, 1.54) is 38.8 Å². The topological polar surface area (TPSA) is 16.1 Å². The van der Waals surface area contributed by atoms with Crippen LogP contribution in [-0.2, 0) is 6.54 Å². The van der Waals surface area contributed by atoms with Gasteiger partial charge in [-0.2, -0.15) is 0 Å². The molecule has 0 aromatic carbocycles. The normalized spacial score (nSPS) is 19.9. The Labute approximate surface area is 108 Å². The maximum atomic E-state index is 6.01. The predicted octanol–water partition coefficient (Wildman–Crippen LogP) is 3.36. The highest BCUT2D eigenvalue weighted by atomic mass is 35.5. The summed E-state index contributed by atoms with van der Waals surface area (Å²) in [6.45, 7) is 3.48. The quantitative estimate of drug-likeness (QED) is 0.770. The molecule has 0 unspecified atom stereocenters. The molecule has 0 aliphatic heterocycles. The van der Waals surface area contributed by atoms with E-state index >= 15 is 0 Å². The third kappa shape index (κ3) is 3.68. The Hall–Kier alpha value is -0.600. The number of pyridine rings is 1. The van der Waals surface area contributed by atoms with Crippen molar-refractivity contribution in [1.29, 1.82) is 0 Å². The van der Waals surface area contributed by atoms with Crippen LogP contribution in [0.25, 0.3) is 0 Å². The highest BCUT2D eigenvalue weighted by molar-refractivity contribution is 6.30. The van der Waals surface area contributed by atoms with Crippen LogP contribution in [0.4, 0.5) is 0 Å². The molecule has 0 amide bonds. The molecule has 0 saturated heterocycles. The van der Waals surface area contributed by atoms with Crippen molar-refractivity contribution in [1.82, 2.24) is 9.88 Å². The van der Waals surface area contributed by atoms with E-state index in [2.05, 4.69) is 9.88 Å². The van der Waals surface area contributed by atoms with Gasteiger partial charge in [0.15, 0.2) is 0 Å². The summed E-state index contributed by atoms with van der Waals surface area (Å²) in [5, 5.41) is 0.799. The van der Waals surface area contributed by atoms with E-state index in [0.29, 0.717) is 0 Å². The number of aromatic nitrogens is 1. The average molecular weight is 251 g/mol. The van der Waals surface area contributed by atoms with Gasteiger partial charge < -0.3 is 0 Å². The van der Waals surface area contributed by atoms with E-state index in [1.807, 2.05) is 18.3 Å². The van der Waals surface area contributed by atoms with Gasteiger partial charge in [-0.25, -0.2) is 0 Å². The molecule has 2 aliphatic rings. The monoisotopic (exact) mass is 250 g/mol. The minimum absolute atomic E-state index is 0.799. The zero-order valence-electron chi connectivity index (χ0n) is 10.1. The van der Waals surface area contributed by atoms with Crippen LogP contribution >= 0.6 is 11.6 Å². The van der Waals surface area contributed by atoms with Crippen LogP contribution in [0.3, 0.4) is 0 Å². The Kier molecular flexibility index (Phi) is 3.34. The van der Waals surface area contributed by atoms with Crippen LogP contribution in [0.5, 0.6) is 0 Å². The third-order valence-corrected chi connectivity index (χ3v) is 3.83. The van der Waals surface area contributed by atoms with Crippen LogP contribution in [0.15, 0.2) is 18.3 Å². The molecule has 3 rings (SSSR count). The molecule has 0 N–H and O–H groups in total. The fraction of sp³-hybridized carbons (Fsp3) is 0.643. The smallest absolute Gasteiger partial charge is 0.0558 e. The number of hydrogen-bond donors (Lipinski definition) is 0. The van der Waals surface area contributed by atoms with Gasteiger partial charge in [0.2, 0.25) is 0 Å². The summed E-state index contributed by atoms with van der Waals surface area (Å²) >= 11 is 6.01. The molecule has 0 radical (unpaired) electrons. The number of rotatable bonds is 6. The average Bonchev–Trinajstić information content (AvgIpc) is 3.13. The Morgan fingerprint density at radius 1 is 1.18 bits per heavy atom. The third-order valence-electron chi connectivity index (χ3n) is 3.59. The Balaban J connectivity index is 1.60. The highest BCUT2D eigenvalue weighted by Gasteiger charge is 2.29. The van der Waals surface area contributed by atoms with Crippen molar-refractivity contribution in [2.75, 3.05) is 13.1 Å². The first-order valence-corrected chi connectivity index (χ1v) is 7.00. The van der Waals surface area contributed by atoms with Crippen LogP contribution < -0.4 is 0 Å². The van der Waals surface area contributed by atoms with Gasteiger partial charge in [-0.1, -0.05) is 11.6 Å². The van der Waals surface area contributed by atoms with Crippen molar-refractivity contribution in [3.8, 4) is 0 Å². The first-order valence-electron chi connectivity index (χ1n) is 6.62. The summed E-state index contributed by atoms with van der Waals surface area (Å²) < 4.78 is 0. The lowest BCUT2D eigenvalue weighted by Gasteiger charge is -2.21. The summed E-state index contributed by atoms with van der Waals surface area (Å²) in [5.74, 6) is 1.90. The Morgan fingerprint density at radius 3 is 2.35 bits per heavy atom. The lowest BCUT2D eigenvalue weighted by Crippen LogP contribution is -2.28. The van der Waals surface area contributed by atoms with Crippen LogP contribution in [0, 0.1) is 11.8 Å². The molecule has 2 fully saturated rings. The van der Waals surface area contributed by atoms with E-state index in [9.17, 15) is 0 Å². The van der Waals surface area contributed by atoms with Gasteiger partial charge in [0, 0.05) is 30.9 Å². The van der Waals surface area contributed by atoms with Crippen molar-refractivity contribution in [2.24, 2.45) is 11.8 Å². The molecular weight excluding hydrogens is 232 g/mol. The summed E-state index contributed by atoms with van der Waals surface area (Å²) in [4.78, 5) is 6.99. The van der Waals surface area contributed by atoms with E-state index in [-0.39, 0.29) is 0 Å². The maximum absolute atomic E-state index is 6.01. The van der Waals surface area contributed by atoms with Gasteiger partial charge in [0.1, 0.15) is 0 Å². The zero-order chi connectivity index (χ0) is 11.7. The lowest BCUT2D eigenvalue weighted by atomic mass is 10.2. The van der Waals surface area contributed by atoms with Crippen molar-refractivity contribution >= 4 is 11.6 Å². The van der Waals surface area contributed by atoms with Gasteiger partial charge in [0.05, 0.1) is 5.69 Å². The SMILES string of the molecule is Clc1ccnc(CN(CC2CC2)CC2CC2)c1. The van der Waals surface area contributed by atoms with E-state index in [1.54, 1.807) is 0 Å². The van der Waals surface area contributed by atoms with Crippen molar-refractivity contribution in [3.05, 3.63) is 29.0 Å². The summed E-state index contributed by atoms with van der Waals surface area (Å²) in [7, 11) is 0. The maximum Gasteiger partial charge on any atom is 0.0558 e. The Morgan fingerprint density at radius 2 is 1.82 bits per heavy atom. The number of halogens is 1. The second kappa shape index (κ2) is 4.95. The molecule has 0 bridgehead atoms. The largest absolute Gasteiger partial charge is 0.297 e. The Bertz CT molecular complexity index is 372. The molecule has 0 spiro atoms. The molecule has 17 heavy (non-hydrogen) atoms. The van der Waals surface area contributed by atoms with Crippen molar-refractivity contribution < 1.29 is 0 Å². The molecule has 1 aromatic rings. The number of hydrogen-bond acceptors (Lipinski definition) is 2. The van der Waals surface area contributed by atoms with Crippen LogP contribution in [0.1, 0.15) is 31.4 Å². The predicted molar refractivity (Wildman–Crippen MR) is 70.0 cm³/mol. The zero-order valence-corrected chi connectivity index (χ0v) is 10.9. The van der Waals surface area contributed by atoms with Crippen LogP contribution in [-0.4, -0.2) is 23.0 Å². The minimum Gasteiger partial charge on any atom is -0.297 e. The van der Waals surface area contributed by atoms with E-state index < -0.39 is 0 Å². The van der Waals surface area contributed by atoms with Crippen molar-refractivity contribution in [2.45, 2.75) is 32.2 Å². The summed E-state index contributed by atoms with van der Waals surface area (Å²) in [6.07, 6.45) is 7.49. The fourth-order valence-corrected chi connectivity index (χ4v) is 2.48. The van der Waals surface area contributed by atoms with E-state index in [4.69, 9.17) is 11.6 Å². The number of nitrogens with zero attached hydrogens (tertiary/aromatic N) is 2. The molecule has 2 aliphatic carbocycles. The first-order chi connectivity index (χ1) is 8.29. The van der Waals surface area contributed by atoms with Gasteiger partial charge in [0.25, 0.3) is 0 Å². The summed E-state index contributed by atoms with van der Waals surface area (Å²) in [6, 6.07) is 3.84. The highest BCUT2D eigenvalue weighted by Crippen LogP contribution is 2.34. The second-order valence-corrected chi connectivity index (χ2v) is 5.98. The molecular formula is C14H19ClN2. The fourth-order valence-electron chi connectivity index (χ4n) is 2.30. The van der Waals surface area contributed by atoms with Gasteiger partial charge in [-0.15, -0.1) is 0 Å². The van der Waals surface area contributed by atoms with E-state index in [0.717, 1.165) is 29.1 Å². The van der Waals surface area contributed by atoms with Crippen molar-refractivity contribution in [3.63, 3.8) is 0 Å². The molecule has 2 nitrogen and oxygen atoms in total. The first kappa shape index (κ1) is 11.5. The lowest BCUT2D eigenvalue weighted by molar-refractivity contribution is 0.241. The molecule has 1 aromatic heterocycles. The minimum atomic E-state index is 0.799. The van der Waals surface area contributed by atoms with Gasteiger partial charge in [-0.3, -0.25) is 9.88 Å². The standard InChI is InChI=1S/C14H19ClN2/c15-13-5-6-16-14(7-13)10-17(8-11-1-2-11)9-12-3-4-12/h5-7,11-12H,1-4,8-10H2. The van der Waals surface area contributed by atoms with Gasteiger partial charge >= 0.3 is 0 Å². The van der Waals surface area contributed by atoms with Gasteiger partial charge in [-0.05, 0) is 49.7 Å². The molecule has 92 valence electrons. The summed E-state index contributed by atoms with van der Waals surface area (Å²) in [5.41, 5.74) is 1.11.